The number of carbonyl (C=O) groups excluding carboxylic acids is 1. The molecule has 2 aromatic rings. The van der Waals surface area contributed by atoms with Crippen LogP contribution in [-0.4, -0.2) is 5.91 Å². The molecule has 3 rings (SSSR count). The number of anilines is 1. The molecule has 0 spiro atoms. The van der Waals surface area contributed by atoms with E-state index in [4.69, 9.17) is 5.73 Å². The van der Waals surface area contributed by atoms with Crippen molar-refractivity contribution in [1.29, 1.82) is 0 Å². The van der Waals surface area contributed by atoms with E-state index in [0.29, 0.717) is 6.54 Å². The molecule has 3 nitrogen and oxygen atoms in total. The Morgan fingerprint density at radius 1 is 1.21 bits per heavy atom. The Labute approximate surface area is 112 Å². The molecule has 1 aliphatic rings. The van der Waals surface area contributed by atoms with Crippen molar-refractivity contribution in [2.75, 3.05) is 5.73 Å². The van der Waals surface area contributed by atoms with Gasteiger partial charge in [0.05, 0.1) is 0 Å². The predicted molar refractivity (Wildman–Crippen MR) is 76.8 cm³/mol. The van der Waals surface area contributed by atoms with Crippen LogP contribution in [-0.2, 0) is 13.0 Å². The van der Waals surface area contributed by atoms with Gasteiger partial charge in [-0.15, -0.1) is 0 Å². The fourth-order valence-corrected chi connectivity index (χ4v) is 2.60. The minimum Gasteiger partial charge on any atom is -0.399 e. The molecule has 1 aliphatic heterocycles. The van der Waals surface area contributed by atoms with Crippen molar-refractivity contribution >= 4 is 11.6 Å². The number of rotatable bonds is 2. The van der Waals surface area contributed by atoms with Gasteiger partial charge in [0.15, 0.2) is 0 Å². The highest BCUT2D eigenvalue weighted by molar-refractivity contribution is 6.00. The van der Waals surface area contributed by atoms with Gasteiger partial charge in [0.2, 0.25) is 0 Å². The average molecular weight is 252 g/mol. The molecule has 19 heavy (non-hydrogen) atoms. The summed E-state index contributed by atoms with van der Waals surface area (Å²) in [6, 6.07) is 11.9. The third-order valence-corrected chi connectivity index (χ3v) is 3.68. The number of benzene rings is 2. The van der Waals surface area contributed by atoms with E-state index in [1.165, 1.54) is 0 Å². The Kier molecular flexibility index (Phi) is 2.75. The summed E-state index contributed by atoms with van der Waals surface area (Å²) in [5.41, 5.74) is 12.0. The van der Waals surface area contributed by atoms with Crippen LogP contribution in [0.5, 0.6) is 0 Å². The standard InChI is InChI=1S/C16H16N2O/c1-2-10-8-11(6-7-15(10)17)12-4-3-5-13-14(12)9-18-16(13)19/h3-8H,2,9,17H2,1H3,(H,18,19). The number of fused-ring (bicyclic) bond motifs is 1. The molecule has 1 amide bonds. The molecule has 3 heteroatoms. The van der Waals surface area contributed by atoms with E-state index in [1.54, 1.807) is 0 Å². The lowest BCUT2D eigenvalue weighted by Crippen LogP contribution is -2.12. The summed E-state index contributed by atoms with van der Waals surface area (Å²) in [4.78, 5) is 11.7. The SMILES string of the molecule is CCc1cc(-c2cccc3c2CNC3=O)ccc1N. The minimum atomic E-state index is 0.0167. The number of hydrogen-bond acceptors (Lipinski definition) is 2. The van der Waals surface area contributed by atoms with Gasteiger partial charge in [-0.05, 0) is 46.9 Å². The Morgan fingerprint density at radius 3 is 2.79 bits per heavy atom. The number of nitrogens with two attached hydrogens (primary N) is 1. The van der Waals surface area contributed by atoms with Gasteiger partial charge < -0.3 is 11.1 Å². The highest BCUT2D eigenvalue weighted by Crippen LogP contribution is 2.31. The van der Waals surface area contributed by atoms with Gasteiger partial charge in [-0.25, -0.2) is 0 Å². The van der Waals surface area contributed by atoms with E-state index in [1.807, 2.05) is 24.3 Å². The molecule has 0 atom stereocenters. The highest BCUT2D eigenvalue weighted by Gasteiger charge is 2.21. The van der Waals surface area contributed by atoms with Crippen molar-refractivity contribution in [2.24, 2.45) is 0 Å². The van der Waals surface area contributed by atoms with Crippen LogP contribution >= 0.6 is 0 Å². The molecule has 1 heterocycles. The van der Waals surface area contributed by atoms with Gasteiger partial charge in [-0.3, -0.25) is 4.79 Å². The van der Waals surface area contributed by atoms with Crippen LogP contribution in [0, 0.1) is 0 Å². The quantitative estimate of drug-likeness (QED) is 0.807. The van der Waals surface area contributed by atoms with E-state index in [9.17, 15) is 4.79 Å². The van der Waals surface area contributed by atoms with Crippen molar-refractivity contribution in [3.8, 4) is 11.1 Å². The number of nitrogens with one attached hydrogen (secondary N) is 1. The van der Waals surface area contributed by atoms with Crippen LogP contribution in [0.15, 0.2) is 36.4 Å². The van der Waals surface area contributed by atoms with E-state index in [-0.39, 0.29) is 5.91 Å². The smallest absolute Gasteiger partial charge is 0.251 e. The summed E-state index contributed by atoms with van der Waals surface area (Å²) in [5, 5.41) is 2.87. The number of hydrogen-bond donors (Lipinski definition) is 2. The van der Waals surface area contributed by atoms with E-state index in [2.05, 4.69) is 24.4 Å². The van der Waals surface area contributed by atoms with Gasteiger partial charge >= 0.3 is 0 Å². The van der Waals surface area contributed by atoms with Crippen molar-refractivity contribution < 1.29 is 4.79 Å². The maximum absolute atomic E-state index is 11.7. The van der Waals surface area contributed by atoms with Crippen LogP contribution in [0.3, 0.4) is 0 Å². The molecule has 2 aromatic carbocycles. The number of carbonyl (C=O) groups is 1. The Balaban J connectivity index is 2.16. The van der Waals surface area contributed by atoms with E-state index < -0.39 is 0 Å². The van der Waals surface area contributed by atoms with Crippen LogP contribution in [0.1, 0.15) is 28.4 Å². The monoisotopic (exact) mass is 252 g/mol. The molecule has 0 saturated carbocycles. The topological polar surface area (TPSA) is 55.1 Å². The molecule has 0 bridgehead atoms. The summed E-state index contributed by atoms with van der Waals surface area (Å²) < 4.78 is 0. The predicted octanol–water partition coefficient (Wildman–Crippen LogP) is 2.74. The van der Waals surface area contributed by atoms with Gasteiger partial charge in [0.1, 0.15) is 0 Å². The molecule has 0 saturated heterocycles. The summed E-state index contributed by atoms with van der Waals surface area (Å²) in [6.45, 7) is 2.70. The second-order valence-electron chi connectivity index (χ2n) is 4.78. The highest BCUT2D eigenvalue weighted by atomic mass is 16.1. The molecule has 0 aromatic heterocycles. The van der Waals surface area contributed by atoms with Crippen molar-refractivity contribution in [2.45, 2.75) is 19.9 Å². The average Bonchev–Trinajstić information content (AvgIpc) is 2.81. The summed E-state index contributed by atoms with van der Waals surface area (Å²) in [6.07, 6.45) is 0.909. The zero-order valence-corrected chi connectivity index (χ0v) is 10.9. The lowest BCUT2D eigenvalue weighted by Gasteiger charge is -2.10. The van der Waals surface area contributed by atoms with E-state index >= 15 is 0 Å². The first-order valence-corrected chi connectivity index (χ1v) is 6.49. The molecule has 0 aliphatic carbocycles. The molecule has 96 valence electrons. The Bertz CT molecular complexity index is 662. The molecule has 3 N–H and O–H groups in total. The van der Waals surface area contributed by atoms with Crippen molar-refractivity contribution in [3.63, 3.8) is 0 Å². The van der Waals surface area contributed by atoms with Gasteiger partial charge in [-0.1, -0.05) is 25.1 Å². The van der Waals surface area contributed by atoms with Crippen LogP contribution in [0.2, 0.25) is 0 Å². The largest absolute Gasteiger partial charge is 0.399 e. The first-order valence-electron chi connectivity index (χ1n) is 6.49. The lowest BCUT2D eigenvalue weighted by atomic mass is 9.95. The summed E-state index contributed by atoms with van der Waals surface area (Å²) in [5.74, 6) is 0.0167. The number of amides is 1. The van der Waals surface area contributed by atoms with Crippen LogP contribution in [0.4, 0.5) is 5.69 Å². The third-order valence-electron chi connectivity index (χ3n) is 3.68. The van der Waals surface area contributed by atoms with Gasteiger partial charge in [0.25, 0.3) is 5.91 Å². The Hall–Kier alpha value is -2.29. The second kappa shape index (κ2) is 4.43. The fraction of sp³-hybridized carbons (Fsp3) is 0.188. The van der Waals surface area contributed by atoms with Crippen LogP contribution in [0.25, 0.3) is 11.1 Å². The normalized spacial score (nSPS) is 13.2. The van der Waals surface area contributed by atoms with E-state index in [0.717, 1.165) is 39.9 Å². The molecule has 0 fully saturated rings. The van der Waals surface area contributed by atoms with Crippen LogP contribution < -0.4 is 11.1 Å². The van der Waals surface area contributed by atoms with Gasteiger partial charge in [0, 0.05) is 17.8 Å². The first kappa shape index (κ1) is 11.8. The third kappa shape index (κ3) is 1.87. The molecule has 0 unspecified atom stereocenters. The maximum atomic E-state index is 11.7. The summed E-state index contributed by atoms with van der Waals surface area (Å²) in [7, 11) is 0. The van der Waals surface area contributed by atoms with Crippen molar-refractivity contribution in [3.05, 3.63) is 53.1 Å². The number of nitrogen functional groups attached to an aromatic ring is 1. The second-order valence-corrected chi connectivity index (χ2v) is 4.78. The minimum absolute atomic E-state index is 0.0167. The summed E-state index contributed by atoms with van der Waals surface area (Å²) >= 11 is 0. The zero-order valence-electron chi connectivity index (χ0n) is 10.9. The van der Waals surface area contributed by atoms with Gasteiger partial charge in [-0.2, -0.15) is 0 Å². The molecular formula is C16H16N2O. The molecular weight excluding hydrogens is 236 g/mol. The Morgan fingerprint density at radius 2 is 2.00 bits per heavy atom. The number of aryl methyl sites for hydroxylation is 1. The maximum Gasteiger partial charge on any atom is 0.251 e. The fourth-order valence-electron chi connectivity index (χ4n) is 2.60. The lowest BCUT2D eigenvalue weighted by molar-refractivity contribution is 0.0966. The zero-order chi connectivity index (χ0) is 13.4. The molecule has 0 radical (unpaired) electrons. The van der Waals surface area contributed by atoms with Crippen molar-refractivity contribution in [1.82, 2.24) is 5.32 Å². The first-order chi connectivity index (χ1) is 9.20.